The van der Waals surface area contributed by atoms with Gasteiger partial charge in [-0.3, -0.25) is 4.79 Å². The molecule has 4 N–H and O–H groups in total. The van der Waals surface area contributed by atoms with E-state index in [9.17, 15) is 4.79 Å². The molecule has 1 aliphatic rings. The highest BCUT2D eigenvalue weighted by Gasteiger charge is 2.24. The molecular weight excluding hydrogens is 374 g/mol. The van der Waals surface area contributed by atoms with Gasteiger partial charge in [0.25, 0.3) is 5.91 Å². The third-order valence-corrected chi connectivity index (χ3v) is 6.07. The standard InChI is InChI=1S/C24H27N5O/c1-4-15(16-6-5-7-16)10-20-22(23(25)28-13-27-20)14(2)17-8-9-18-12-21(24(30)26-3)29-19(18)11-17/h4,8-9,11-13,16,29H,2,5-7,10H2,1,3H3,(H,26,30)(H2,25,27,28)/b15-4-. The maximum atomic E-state index is 11.9. The number of rotatable bonds is 6. The summed E-state index contributed by atoms with van der Waals surface area (Å²) in [6, 6.07) is 7.79. The van der Waals surface area contributed by atoms with E-state index in [0.29, 0.717) is 17.4 Å². The molecule has 154 valence electrons. The lowest BCUT2D eigenvalue weighted by Gasteiger charge is -2.28. The Kier molecular flexibility index (Phi) is 5.40. The average Bonchev–Trinajstić information content (AvgIpc) is 3.14. The highest BCUT2D eigenvalue weighted by atomic mass is 16.1. The number of aromatic nitrogens is 3. The number of allylic oxidation sites excluding steroid dienone is 2. The van der Waals surface area contributed by atoms with E-state index >= 15 is 0 Å². The number of carbonyl (C=O) groups is 1. The molecule has 1 saturated carbocycles. The van der Waals surface area contributed by atoms with Crippen LogP contribution in [0, 0.1) is 5.92 Å². The number of nitrogens with one attached hydrogen (secondary N) is 2. The maximum Gasteiger partial charge on any atom is 0.267 e. The molecule has 2 aromatic heterocycles. The van der Waals surface area contributed by atoms with Gasteiger partial charge in [0.15, 0.2) is 0 Å². The number of fused-ring (bicyclic) bond motifs is 1. The first-order chi connectivity index (χ1) is 14.5. The van der Waals surface area contributed by atoms with Crippen LogP contribution in [0.5, 0.6) is 0 Å². The second kappa shape index (κ2) is 8.14. The molecule has 4 rings (SSSR count). The van der Waals surface area contributed by atoms with Crippen LogP contribution >= 0.6 is 0 Å². The zero-order valence-corrected chi connectivity index (χ0v) is 17.5. The largest absolute Gasteiger partial charge is 0.383 e. The molecule has 30 heavy (non-hydrogen) atoms. The first-order valence-electron chi connectivity index (χ1n) is 10.3. The summed E-state index contributed by atoms with van der Waals surface area (Å²) < 4.78 is 0. The van der Waals surface area contributed by atoms with E-state index in [-0.39, 0.29) is 5.91 Å². The molecule has 1 aromatic carbocycles. The number of amides is 1. The van der Waals surface area contributed by atoms with Crippen LogP contribution in [-0.4, -0.2) is 27.9 Å². The molecule has 6 heteroatoms. The molecule has 6 nitrogen and oxygen atoms in total. The minimum absolute atomic E-state index is 0.149. The quantitative estimate of drug-likeness (QED) is 0.538. The van der Waals surface area contributed by atoms with Crippen molar-refractivity contribution in [3.63, 3.8) is 0 Å². The molecule has 0 unspecified atom stereocenters. The van der Waals surface area contributed by atoms with E-state index in [1.54, 1.807) is 7.05 Å². The number of nitrogens with two attached hydrogens (primary N) is 1. The smallest absolute Gasteiger partial charge is 0.267 e. The highest BCUT2D eigenvalue weighted by molar-refractivity contribution is 5.99. The second-order valence-corrected chi connectivity index (χ2v) is 7.79. The summed E-state index contributed by atoms with van der Waals surface area (Å²) >= 11 is 0. The fourth-order valence-electron chi connectivity index (χ4n) is 4.07. The van der Waals surface area contributed by atoms with Gasteiger partial charge >= 0.3 is 0 Å². The Morgan fingerprint density at radius 2 is 2.13 bits per heavy atom. The fourth-order valence-corrected chi connectivity index (χ4v) is 4.07. The normalized spacial score (nSPS) is 14.5. The van der Waals surface area contributed by atoms with Crippen molar-refractivity contribution in [3.05, 3.63) is 71.3 Å². The molecule has 2 heterocycles. The number of nitrogens with zero attached hydrogens (tertiary/aromatic N) is 2. The summed E-state index contributed by atoms with van der Waals surface area (Å²) in [6.07, 6.45) is 8.27. The number of anilines is 1. The Morgan fingerprint density at radius 1 is 1.33 bits per heavy atom. The molecular formula is C24H27N5O. The molecule has 0 bridgehead atoms. The van der Waals surface area contributed by atoms with E-state index in [1.165, 1.54) is 31.2 Å². The molecule has 0 radical (unpaired) electrons. The van der Waals surface area contributed by atoms with Gasteiger partial charge in [-0.2, -0.15) is 0 Å². The van der Waals surface area contributed by atoms with Crippen LogP contribution in [0.4, 0.5) is 5.82 Å². The van der Waals surface area contributed by atoms with Crippen LogP contribution in [0.15, 0.2) is 48.8 Å². The van der Waals surface area contributed by atoms with Gasteiger partial charge in [-0.1, -0.05) is 36.8 Å². The number of benzene rings is 1. The number of carbonyl (C=O) groups excluding carboxylic acids is 1. The third-order valence-electron chi connectivity index (χ3n) is 6.07. The monoisotopic (exact) mass is 401 g/mol. The Bertz CT molecular complexity index is 1150. The summed E-state index contributed by atoms with van der Waals surface area (Å²) in [7, 11) is 1.61. The average molecular weight is 402 g/mol. The van der Waals surface area contributed by atoms with Crippen LogP contribution in [0.2, 0.25) is 0 Å². The Morgan fingerprint density at radius 3 is 2.80 bits per heavy atom. The lowest BCUT2D eigenvalue weighted by molar-refractivity contribution is 0.0959. The van der Waals surface area contributed by atoms with Crippen molar-refractivity contribution < 1.29 is 4.79 Å². The second-order valence-electron chi connectivity index (χ2n) is 7.79. The first kappa shape index (κ1) is 19.9. The predicted molar refractivity (Wildman–Crippen MR) is 121 cm³/mol. The summed E-state index contributed by atoms with van der Waals surface area (Å²) in [5.41, 5.74) is 12.5. The molecule has 1 amide bonds. The fraction of sp³-hybridized carbons (Fsp3) is 0.292. The van der Waals surface area contributed by atoms with Crippen LogP contribution in [0.3, 0.4) is 0 Å². The van der Waals surface area contributed by atoms with Crippen LogP contribution in [0.1, 0.15) is 53.5 Å². The van der Waals surface area contributed by atoms with E-state index in [0.717, 1.165) is 39.7 Å². The van der Waals surface area contributed by atoms with Crippen LogP contribution < -0.4 is 11.1 Å². The van der Waals surface area contributed by atoms with Crippen molar-refractivity contribution in [2.45, 2.75) is 32.6 Å². The maximum absolute atomic E-state index is 11.9. The van der Waals surface area contributed by atoms with E-state index in [1.807, 2.05) is 24.3 Å². The van der Waals surface area contributed by atoms with E-state index in [4.69, 9.17) is 5.73 Å². The molecule has 1 aliphatic carbocycles. The number of hydrogen-bond donors (Lipinski definition) is 3. The van der Waals surface area contributed by atoms with Crippen molar-refractivity contribution in [3.8, 4) is 0 Å². The molecule has 0 spiro atoms. The summed E-state index contributed by atoms with van der Waals surface area (Å²) in [5.74, 6) is 0.932. The number of nitrogen functional groups attached to an aromatic ring is 1. The summed E-state index contributed by atoms with van der Waals surface area (Å²) in [6.45, 7) is 6.41. The van der Waals surface area contributed by atoms with Gasteiger partial charge in [-0.25, -0.2) is 9.97 Å². The minimum Gasteiger partial charge on any atom is -0.383 e. The zero-order valence-electron chi connectivity index (χ0n) is 17.5. The van der Waals surface area contributed by atoms with Crippen molar-refractivity contribution in [1.82, 2.24) is 20.3 Å². The molecule has 0 atom stereocenters. The van der Waals surface area contributed by atoms with Crippen LogP contribution in [-0.2, 0) is 6.42 Å². The van der Waals surface area contributed by atoms with Crippen molar-refractivity contribution >= 4 is 28.2 Å². The van der Waals surface area contributed by atoms with Crippen molar-refractivity contribution in [2.24, 2.45) is 5.92 Å². The molecule has 3 aromatic rings. The van der Waals surface area contributed by atoms with Gasteiger partial charge < -0.3 is 16.0 Å². The first-order valence-corrected chi connectivity index (χ1v) is 10.3. The minimum atomic E-state index is -0.149. The molecule has 1 fully saturated rings. The lowest BCUT2D eigenvalue weighted by Crippen LogP contribution is -2.17. The van der Waals surface area contributed by atoms with Gasteiger partial charge in [0.1, 0.15) is 17.8 Å². The van der Waals surface area contributed by atoms with E-state index < -0.39 is 0 Å². The number of H-pyrrole nitrogens is 1. The Labute approximate surface area is 176 Å². The van der Waals surface area contributed by atoms with Gasteiger partial charge in [-0.05, 0) is 49.0 Å². The van der Waals surface area contributed by atoms with Gasteiger partial charge in [0.05, 0.1) is 5.69 Å². The van der Waals surface area contributed by atoms with E-state index in [2.05, 4.69) is 39.8 Å². The Balaban J connectivity index is 1.69. The third kappa shape index (κ3) is 3.61. The molecule has 0 aliphatic heterocycles. The number of aromatic amines is 1. The summed E-state index contributed by atoms with van der Waals surface area (Å²) in [5, 5.41) is 3.60. The van der Waals surface area contributed by atoms with Crippen LogP contribution in [0.25, 0.3) is 16.5 Å². The van der Waals surface area contributed by atoms with Gasteiger partial charge in [0, 0.05) is 29.9 Å². The lowest BCUT2D eigenvalue weighted by atomic mass is 9.77. The van der Waals surface area contributed by atoms with Gasteiger partial charge in [-0.15, -0.1) is 0 Å². The van der Waals surface area contributed by atoms with Crippen molar-refractivity contribution in [1.29, 1.82) is 0 Å². The zero-order chi connectivity index (χ0) is 21.3. The highest BCUT2D eigenvalue weighted by Crippen LogP contribution is 2.37. The van der Waals surface area contributed by atoms with Crippen molar-refractivity contribution in [2.75, 3.05) is 12.8 Å². The SMILES string of the molecule is C=C(c1ccc2cc(C(=O)NC)[nH]c2c1)c1c(N)ncnc1C/C(=C/C)C1CCC1. The molecule has 0 saturated heterocycles. The summed E-state index contributed by atoms with van der Waals surface area (Å²) in [4.78, 5) is 23.9. The topological polar surface area (TPSA) is 96.7 Å². The number of hydrogen-bond acceptors (Lipinski definition) is 4. The predicted octanol–water partition coefficient (Wildman–Crippen LogP) is 4.25. The Hall–Kier alpha value is -3.41. The van der Waals surface area contributed by atoms with Gasteiger partial charge in [0.2, 0.25) is 0 Å².